The summed E-state index contributed by atoms with van der Waals surface area (Å²) in [6, 6.07) is 3.29. The maximum Gasteiger partial charge on any atom is 0.279 e. The fourth-order valence-corrected chi connectivity index (χ4v) is 2.83. The van der Waals surface area contributed by atoms with Gasteiger partial charge in [-0.05, 0) is 19.1 Å². The molecule has 3 aromatic rings. The standard InChI is InChI=1S/C12H12N6O2S/c1-9-14-5-6-18(9)12-10(3-2-4-15-12)17-21(19,20)11-7-13-8-16-11/h2-8,17H,1H3,(H,13,16). The van der Waals surface area contributed by atoms with E-state index in [1.807, 2.05) is 6.92 Å². The molecule has 0 bridgehead atoms. The summed E-state index contributed by atoms with van der Waals surface area (Å²) in [6.45, 7) is 1.81. The van der Waals surface area contributed by atoms with Gasteiger partial charge in [0.15, 0.2) is 10.8 Å². The van der Waals surface area contributed by atoms with Crippen molar-refractivity contribution in [1.82, 2.24) is 24.5 Å². The van der Waals surface area contributed by atoms with Crippen LogP contribution in [-0.4, -0.2) is 32.9 Å². The van der Waals surface area contributed by atoms with Crippen LogP contribution in [0.4, 0.5) is 5.69 Å². The molecular weight excluding hydrogens is 292 g/mol. The number of nitrogens with one attached hydrogen (secondary N) is 2. The van der Waals surface area contributed by atoms with E-state index in [1.165, 1.54) is 12.5 Å². The fraction of sp³-hybridized carbons (Fsp3) is 0.0833. The van der Waals surface area contributed by atoms with Crippen LogP contribution in [0.25, 0.3) is 5.82 Å². The smallest absolute Gasteiger partial charge is 0.279 e. The lowest BCUT2D eigenvalue weighted by atomic mass is 10.4. The van der Waals surface area contributed by atoms with Gasteiger partial charge in [-0.3, -0.25) is 9.29 Å². The van der Waals surface area contributed by atoms with Gasteiger partial charge in [0.05, 0.1) is 18.2 Å². The van der Waals surface area contributed by atoms with Crippen molar-refractivity contribution in [3.05, 3.63) is 49.1 Å². The first-order chi connectivity index (χ1) is 10.1. The number of sulfonamides is 1. The number of anilines is 1. The summed E-state index contributed by atoms with van der Waals surface area (Å²) < 4.78 is 28.7. The van der Waals surface area contributed by atoms with Crippen molar-refractivity contribution in [2.24, 2.45) is 0 Å². The first-order valence-corrected chi connectivity index (χ1v) is 7.53. The molecule has 0 fully saturated rings. The molecule has 9 heteroatoms. The van der Waals surface area contributed by atoms with Crippen LogP contribution >= 0.6 is 0 Å². The van der Waals surface area contributed by atoms with Crippen LogP contribution in [0.1, 0.15) is 5.82 Å². The van der Waals surface area contributed by atoms with Gasteiger partial charge in [0.25, 0.3) is 10.0 Å². The molecule has 0 aliphatic rings. The zero-order valence-electron chi connectivity index (χ0n) is 11.1. The monoisotopic (exact) mass is 304 g/mol. The van der Waals surface area contributed by atoms with Crippen LogP contribution in [0.15, 0.2) is 48.3 Å². The van der Waals surface area contributed by atoms with E-state index in [0.29, 0.717) is 17.3 Å². The van der Waals surface area contributed by atoms with Crippen molar-refractivity contribution >= 4 is 15.7 Å². The number of pyridine rings is 1. The molecule has 21 heavy (non-hydrogen) atoms. The van der Waals surface area contributed by atoms with Crippen LogP contribution in [-0.2, 0) is 10.0 Å². The molecule has 0 radical (unpaired) electrons. The average molecular weight is 304 g/mol. The topological polar surface area (TPSA) is 106 Å². The molecule has 0 aliphatic carbocycles. The summed E-state index contributed by atoms with van der Waals surface area (Å²) in [5.74, 6) is 1.16. The highest BCUT2D eigenvalue weighted by Crippen LogP contribution is 2.21. The predicted molar refractivity (Wildman–Crippen MR) is 75.5 cm³/mol. The summed E-state index contributed by atoms with van der Waals surface area (Å²) in [6.07, 6.45) is 7.46. The van der Waals surface area contributed by atoms with E-state index >= 15 is 0 Å². The Kier molecular flexibility index (Phi) is 3.18. The van der Waals surface area contributed by atoms with Gasteiger partial charge in [0.1, 0.15) is 5.82 Å². The minimum Gasteiger partial charge on any atom is -0.334 e. The van der Waals surface area contributed by atoms with Crippen molar-refractivity contribution in [1.29, 1.82) is 0 Å². The Hall–Kier alpha value is -2.68. The molecule has 0 atom stereocenters. The van der Waals surface area contributed by atoms with E-state index in [1.54, 1.807) is 35.3 Å². The third-order valence-electron chi connectivity index (χ3n) is 2.85. The van der Waals surface area contributed by atoms with Gasteiger partial charge in [-0.25, -0.2) is 15.0 Å². The summed E-state index contributed by atoms with van der Waals surface area (Å²) in [5, 5.41) is -0.0142. The van der Waals surface area contributed by atoms with Crippen molar-refractivity contribution in [3.8, 4) is 5.82 Å². The first-order valence-electron chi connectivity index (χ1n) is 6.04. The van der Waals surface area contributed by atoms with Crippen LogP contribution in [0.5, 0.6) is 0 Å². The van der Waals surface area contributed by atoms with Crippen molar-refractivity contribution in [2.45, 2.75) is 11.9 Å². The van der Waals surface area contributed by atoms with Gasteiger partial charge in [-0.15, -0.1) is 0 Å². The average Bonchev–Trinajstić information content (AvgIpc) is 3.10. The second-order valence-electron chi connectivity index (χ2n) is 4.24. The van der Waals surface area contributed by atoms with Crippen LogP contribution < -0.4 is 4.72 Å². The van der Waals surface area contributed by atoms with E-state index in [4.69, 9.17) is 0 Å². The lowest BCUT2D eigenvalue weighted by molar-refractivity contribution is 0.598. The van der Waals surface area contributed by atoms with Gasteiger partial charge >= 0.3 is 0 Å². The number of hydrogen-bond donors (Lipinski definition) is 2. The van der Waals surface area contributed by atoms with Crippen LogP contribution in [0.3, 0.4) is 0 Å². The Morgan fingerprint density at radius 3 is 2.81 bits per heavy atom. The number of imidazole rings is 2. The summed E-state index contributed by atoms with van der Waals surface area (Å²) in [7, 11) is -3.74. The molecule has 0 amide bonds. The summed E-state index contributed by atoms with van der Waals surface area (Å²) >= 11 is 0. The minimum atomic E-state index is -3.74. The van der Waals surface area contributed by atoms with Gasteiger partial charge in [-0.1, -0.05) is 0 Å². The fourth-order valence-electron chi connectivity index (χ4n) is 1.86. The van der Waals surface area contributed by atoms with Crippen molar-refractivity contribution < 1.29 is 8.42 Å². The van der Waals surface area contributed by atoms with Crippen LogP contribution in [0, 0.1) is 6.92 Å². The van der Waals surface area contributed by atoms with E-state index in [0.717, 1.165) is 0 Å². The molecule has 0 aromatic carbocycles. The minimum absolute atomic E-state index is 0.0142. The molecule has 0 aliphatic heterocycles. The van der Waals surface area contributed by atoms with Crippen molar-refractivity contribution in [3.63, 3.8) is 0 Å². The van der Waals surface area contributed by atoms with E-state index in [-0.39, 0.29) is 5.03 Å². The SMILES string of the molecule is Cc1nccn1-c1ncccc1NS(=O)(=O)c1cnc[nH]1. The molecule has 3 rings (SSSR count). The molecule has 0 saturated carbocycles. The maximum absolute atomic E-state index is 12.2. The van der Waals surface area contributed by atoms with E-state index in [9.17, 15) is 8.42 Å². The molecule has 108 valence electrons. The number of aryl methyl sites for hydroxylation is 1. The quantitative estimate of drug-likeness (QED) is 0.751. The molecular formula is C12H12N6O2S. The molecule has 2 N–H and O–H groups in total. The number of nitrogens with zero attached hydrogens (tertiary/aromatic N) is 4. The van der Waals surface area contributed by atoms with Crippen LogP contribution in [0.2, 0.25) is 0 Å². The third kappa shape index (κ3) is 2.50. The molecule has 0 spiro atoms. The molecule has 3 heterocycles. The Balaban J connectivity index is 2.03. The maximum atomic E-state index is 12.2. The molecule has 0 unspecified atom stereocenters. The summed E-state index contributed by atoms with van der Waals surface area (Å²) in [4.78, 5) is 14.6. The lowest BCUT2D eigenvalue weighted by Crippen LogP contribution is -2.15. The van der Waals surface area contributed by atoms with E-state index in [2.05, 4.69) is 24.7 Å². The van der Waals surface area contributed by atoms with E-state index < -0.39 is 10.0 Å². The Morgan fingerprint density at radius 1 is 1.29 bits per heavy atom. The number of H-pyrrole nitrogens is 1. The Bertz CT molecular complexity index is 854. The number of aromatic amines is 1. The predicted octanol–water partition coefficient (Wildman–Crippen LogP) is 1.10. The van der Waals surface area contributed by atoms with Gasteiger partial charge < -0.3 is 4.98 Å². The lowest BCUT2D eigenvalue weighted by Gasteiger charge is -2.12. The number of hydrogen-bond acceptors (Lipinski definition) is 5. The van der Waals surface area contributed by atoms with Gasteiger partial charge in [0, 0.05) is 18.6 Å². The molecule has 3 aromatic heterocycles. The summed E-state index contributed by atoms with van der Waals surface area (Å²) in [5.41, 5.74) is 0.355. The second-order valence-corrected chi connectivity index (χ2v) is 5.89. The van der Waals surface area contributed by atoms with Gasteiger partial charge in [0.2, 0.25) is 0 Å². The Labute approximate surface area is 121 Å². The number of aromatic nitrogens is 5. The van der Waals surface area contributed by atoms with Crippen molar-refractivity contribution in [2.75, 3.05) is 4.72 Å². The largest absolute Gasteiger partial charge is 0.334 e. The molecule has 0 saturated heterocycles. The Morgan fingerprint density at radius 2 is 2.14 bits per heavy atom. The highest BCUT2D eigenvalue weighted by Gasteiger charge is 2.18. The molecule has 8 nitrogen and oxygen atoms in total. The van der Waals surface area contributed by atoms with Gasteiger partial charge in [-0.2, -0.15) is 8.42 Å². The third-order valence-corrected chi connectivity index (χ3v) is 4.14. The highest BCUT2D eigenvalue weighted by atomic mass is 32.2. The highest BCUT2D eigenvalue weighted by molar-refractivity contribution is 7.92. The zero-order valence-corrected chi connectivity index (χ0v) is 11.9. The number of rotatable bonds is 4. The zero-order chi connectivity index (χ0) is 14.9. The normalized spacial score (nSPS) is 11.5. The second kappa shape index (κ2) is 5.02. The first kappa shape index (κ1) is 13.3.